The lowest BCUT2D eigenvalue weighted by atomic mass is 9.70. The number of hydrogen-bond donors (Lipinski definition) is 5. The second-order valence-corrected chi connectivity index (χ2v) is 13.7. The number of carbonyl (C=O) groups is 4. The molecular formula is C37H48N4O6. The largest absolute Gasteiger partial charge is 0.481 e. The van der Waals surface area contributed by atoms with E-state index in [0.29, 0.717) is 48.2 Å². The number of aliphatic imine (C=N–C) groups is 1. The van der Waals surface area contributed by atoms with E-state index in [4.69, 9.17) is 4.99 Å². The van der Waals surface area contributed by atoms with Crippen LogP contribution in [0.15, 0.2) is 55.9 Å². The van der Waals surface area contributed by atoms with Crippen molar-refractivity contribution in [2.45, 2.75) is 113 Å². The SMILES string of the molecule is CCC1=C(C)C(=O)N/C1=C\C1=NC(C(c2[nH]c(/C=C3\NC(=O)C(C)=C3CC)c(C)c2CCC(=O)O)C(C)(C)C)C(CCC(=O)O)=C1C. The van der Waals surface area contributed by atoms with Gasteiger partial charge in [-0.15, -0.1) is 0 Å². The summed E-state index contributed by atoms with van der Waals surface area (Å²) in [5, 5.41) is 25.3. The van der Waals surface area contributed by atoms with Gasteiger partial charge in [0.2, 0.25) is 0 Å². The molecule has 0 aromatic carbocycles. The molecule has 4 rings (SSSR count). The van der Waals surface area contributed by atoms with Crippen LogP contribution in [0.2, 0.25) is 0 Å². The van der Waals surface area contributed by atoms with Crippen LogP contribution in [0.1, 0.15) is 116 Å². The second kappa shape index (κ2) is 13.7. The topological polar surface area (TPSA) is 161 Å². The molecule has 3 aliphatic rings. The number of aromatic amines is 1. The van der Waals surface area contributed by atoms with E-state index in [1.165, 1.54) is 0 Å². The Labute approximate surface area is 276 Å². The average Bonchev–Trinajstić information content (AvgIpc) is 3.63. The molecular weight excluding hydrogens is 596 g/mol. The fourth-order valence-corrected chi connectivity index (χ4v) is 7.12. The lowest BCUT2D eigenvalue weighted by Gasteiger charge is -2.36. The van der Waals surface area contributed by atoms with E-state index in [0.717, 1.165) is 50.5 Å². The molecule has 2 amide bonds. The highest BCUT2D eigenvalue weighted by Crippen LogP contribution is 2.47. The van der Waals surface area contributed by atoms with Crippen molar-refractivity contribution in [3.8, 4) is 0 Å². The van der Waals surface area contributed by atoms with Crippen molar-refractivity contribution >= 4 is 35.5 Å². The Morgan fingerprint density at radius 1 is 0.830 bits per heavy atom. The molecule has 3 aliphatic heterocycles. The number of nitrogens with zero attached hydrogens (tertiary/aromatic N) is 1. The zero-order valence-electron chi connectivity index (χ0n) is 29.0. The Morgan fingerprint density at radius 2 is 1.34 bits per heavy atom. The third kappa shape index (κ3) is 7.11. The molecule has 0 saturated carbocycles. The number of aromatic nitrogens is 1. The van der Waals surface area contributed by atoms with E-state index in [2.05, 4.69) is 36.4 Å². The molecule has 10 heteroatoms. The van der Waals surface area contributed by atoms with Gasteiger partial charge in [-0.2, -0.15) is 0 Å². The summed E-state index contributed by atoms with van der Waals surface area (Å²) in [5.74, 6) is -2.35. The fraction of sp³-hybridized carbons (Fsp3) is 0.486. The van der Waals surface area contributed by atoms with Gasteiger partial charge in [0.1, 0.15) is 0 Å². The first kappa shape index (κ1) is 35.4. The van der Waals surface area contributed by atoms with Crippen molar-refractivity contribution in [1.82, 2.24) is 15.6 Å². The first-order chi connectivity index (χ1) is 22.0. The van der Waals surface area contributed by atoms with Gasteiger partial charge >= 0.3 is 11.9 Å². The fourth-order valence-electron chi connectivity index (χ4n) is 7.12. The smallest absolute Gasteiger partial charge is 0.303 e. The van der Waals surface area contributed by atoms with Crippen molar-refractivity contribution in [3.05, 3.63) is 73.4 Å². The van der Waals surface area contributed by atoms with Gasteiger partial charge in [0, 0.05) is 52.7 Å². The lowest BCUT2D eigenvalue weighted by molar-refractivity contribution is -0.138. The summed E-state index contributed by atoms with van der Waals surface area (Å²) < 4.78 is 0. The molecule has 1 aromatic heterocycles. The zero-order chi connectivity index (χ0) is 35.0. The number of rotatable bonds is 12. The standard InChI is InChI=1S/C37H48N4O6/c1-10-22-20(5)35(46)40-28(22)16-26-18(3)24(12-14-30(42)43)33(38-26)32(37(7,8)9)34-25(13-15-31(44)45)19(4)27(39-34)17-29-23(11-2)21(6)36(47)41-29/h16-17,32-33,39H,10-15H2,1-9H3,(H,40,46)(H,41,47)(H,42,43)(H,44,45)/b28-16-,29-17-. The van der Waals surface area contributed by atoms with Crippen LogP contribution >= 0.6 is 0 Å². The van der Waals surface area contributed by atoms with Crippen LogP contribution in [-0.4, -0.2) is 50.7 Å². The third-order valence-corrected chi connectivity index (χ3v) is 9.72. The normalized spacial score (nSPS) is 21.0. The summed E-state index contributed by atoms with van der Waals surface area (Å²) in [5.41, 5.74) is 10.2. The van der Waals surface area contributed by atoms with Crippen LogP contribution in [0.25, 0.3) is 6.08 Å². The predicted molar refractivity (Wildman–Crippen MR) is 183 cm³/mol. The number of carboxylic acid groups (broad SMARTS) is 2. The van der Waals surface area contributed by atoms with E-state index in [1.807, 2.05) is 53.7 Å². The molecule has 0 aliphatic carbocycles. The lowest BCUT2D eigenvalue weighted by Crippen LogP contribution is -2.31. The van der Waals surface area contributed by atoms with Crippen molar-refractivity contribution in [2.75, 3.05) is 0 Å². The molecule has 252 valence electrons. The van der Waals surface area contributed by atoms with E-state index < -0.39 is 23.4 Å². The molecule has 0 fully saturated rings. The molecule has 0 spiro atoms. The number of H-pyrrole nitrogens is 1. The van der Waals surface area contributed by atoms with Crippen LogP contribution in [0.4, 0.5) is 0 Å². The quantitative estimate of drug-likeness (QED) is 0.177. The average molecular weight is 645 g/mol. The van der Waals surface area contributed by atoms with Crippen molar-refractivity contribution in [3.63, 3.8) is 0 Å². The van der Waals surface area contributed by atoms with Crippen LogP contribution in [0, 0.1) is 12.3 Å². The summed E-state index contributed by atoms with van der Waals surface area (Å²) in [6.07, 6.45) is 5.65. The molecule has 0 saturated heterocycles. The van der Waals surface area contributed by atoms with Crippen molar-refractivity contribution in [1.29, 1.82) is 0 Å². The Balaban J connectivity index is 1.93. The summed E-state index contributed by atoms with van der Waals surface area (Å²) in [6.45, 7) is 17.9. The summed E-state index contributed by atoms with van der Waals surface area (Å²) in [6, 6.07) is -0.435. The van der Waals surface area contributed by atoms with E-state index in [9.17, 15) is 29.4 Å². The Kier molecular flexibility index (Phi) is 10.3. The highest BCUT2D eigenvalue weighted by Gasteiger charge is 2.42. The van der Waals surface area contributed by atoms with Gasteiger partial charge in [0.05, 0.1) is 11.8 Å². The Bertz CT molecular complexity index is 1720. The maximum Gasteiger partial charge on any atom is 0.303 e. The Hall–Kier alpha value is -4.47. The number of nitrogens with one attached hydrogen (secondary N) is 3. The minimum Gasteiger partial charge on any atom is -0.481 e. The number of carboxylic acids is 2. The molecule has 4 heterocycles. The van der Waals surface area contributed by atoms with Gasteiger partial charge < -0.3 is 25.8 Å². The summed E-state index contributed by atoms with van der Waals surface area (Å²) >= 11 is 0. The highest BCUT2D eigenvalue weighted by atomic mass is 16.4. The zero-order valence-corrected chi connectivity index (χ0v) is 29.0. The number of allylic oxidation sites excluding steroid dienone is 4. The number of carbonyl (C=O) groups excluding carboxylic acids is 2. The second-order valence-electron chi connectivity index (χ2n) is 13.7. The van der Waals surface area contributed by atoms with E-state index in [-0.39, 0.29) is 30.6 Å². The minimum atomic E-state index is -0.905. The molecule has 2 unspecified atom stereocenters. The van der Waals surface area contributed by atoms with Gasteiger partial charge in [-0.3, -0.25) is 24.2 Å². The maximum atomic E-state index is 12.5. The van der Waals surface area contributed by atoms with E-state index >= 15 is 0 Å². The molecule has 0 bridgehead atoms. The predicted octanol–water partition coefficient (Wildman–Crippen LogP) is 6.41. The highest BCUT2D eigenvalue weighted by molar-refractivity contribution is 6.12. The number of hydrogen-bond acceptors (Lipinski definition) is 5. The minimum absolute atomic E-state index is 0.0620. The maximum absolute atomic E-state index is 12.5. The number of amides is 2. The van der Waals surface area contributed by atoms with Gasteiger partial charge in [-0.05, 0) is 104 Å². The monoisotopic (exact) mass is 644 g/mol. The molecule has 2 atom stereocenters. The van der Waals surface area contributed by atoms with Crippen LogP contribution in [0.5, 0.6) is 0 Å². The van der Waals surface area contributed by atoms with Crippen LogP contribution in [0.3, 0.4) is 0 Å². The van der Waals surface area contributed by atoms with Crippen LogP contribution in [-0.2, 0) is 25.6 Å². The Morgan fingerprint density at radius 3 is 1.83 bits per heavy atom. The third-order valence-electron chi connectivity index (χ3n) is 9.72. The van der Waals surface area contributed by atoms with Crippen LogP contribution < -0.4 is 10.6 Å². The van der Waals surface area contributed by atoms with E-state index in [1.54, 1.807) is 0 Å². The summed E-state index contributed by atoms with van der Waals surface area (Å²) in [4.78, 5) is 57.6. The van der Waals surface area contributed by atoms with Gasteiger partial charge in [-0.1, -0.05) is 34.6 Å². The molecule has 0 radical (unpaired) electrons. The first-order valence-electron chi connectivity index (χ1n) is 16.4. The molecule has 1 aromatic rings. The van der Waals surface area contributed by atoms with Crippen molar-refractivity contribution < 1.29 is 29.4 Å². The number of aliphatic carboxylic acids is 2. The first-order valence-corrected chi connectivity index (χ1v) is 16.4. The van der Waals surface area contributed by atoms with Gasteiger partial charge in [0.15, 0.2) is 0 Å². The van der Waals surface area contributed by atoms with Gasteiger partial charge in [0.25, 0.3) is 11.8 Å². The molecule has 5 N–H and O–H groups in total. The van der Waals surface area contributed by atoms with Gasteiger partial charge in [-0.25, -0.2) is 0 Å². The summed E-state index contributed by atoms with van der Waals surface area (Å²) in [7, 11) is 0. The van der Waals surface area contributed by atoms with Crippen molar-refractivity contribution in [2.24, 2.45) is 10.4 Å². The molecule has 47 heavy (non-hydrogen) atoms. The molecule has 10 nitrogen and oxygen atoms in total.